The second kappa shape index (κ2) is 5.45. The van der Waals surface area contributed by atoms with Gasteiger partial charge in [-0.3, -0.25) is 4.79 Å². The number of rotatable bonds is 2. The second-order valence-corrected chi connectivity index (χ2v) is 6.64. The fraction of sp³-hybridized carbons (Fsp3) is 0.533. The van der Waals surface area contributed by atoms with Crippen molar-refractivity contribution in [2.45, 2.75) is 19.3 Å². The van der Waals surface area contributed by atoms with Gasteiger partial charge in [-0.05, 0) is 46.5 Å². The number of carbonyl (C=O) groups excluding carboxylic acids is 1. The van der Waals surface area contributed by atoms with Crippen LogP contribution in [0.5, 0.6) is 0 Å². The molecule has 2 aliphatic heterocycles. The molecular formula is C15H17BrFNO2. The van der Waals surface area contributed by atoms with Crippen molar-refractivity contribution in [1.82, 2.24) is 4.90 Å². The standard InChI is InChI=1S/C15H17BrFNO2/c16-12-7-11(1-2-13(12)17)8-14(19)18-9-15(10-18)3-5-20-6-4-15/h1-2,7H,3-6,8-10H2. The predicted molar refractivity (Wildman–Crippen MR) is 76.9 cm³/mol. The van der Waals surface area contributed by atoms with Gasteiger partial charge in [0.15, 0.2) is 0 Å². The van der Waals surface area contributed by atoms with E-state index in [-0.39, 0.29) is 11.7 Å². The number of hydrogen-bond donors (Lipinski definition) is 0. The summed E-state index contributed by atoms with van der Waals surface area (Å²) >= 11 is 3.15. The molecule has 0 aliphatic carbocycles. The van der Waals surface area contributed by atoms with Crippen molar-refractivity contribution in [3.05, 3.63) is 34.1 Å². The number of benzene rings is 1. The molecule has 0 bridgehead atoms. The molecule has 2 saturated heterocycles. The molecule has 3 nitrogen and oxygen atoms in total. The average molecular weight is 342 g/mol. The van der Waals surface area contributed by atoms with E-state index in [9.17, 15) is 9.18 Å². The zero-order valence-corrected chi connectivity index (χ0v) is 12.8. The highest BCUT2D eigenvalue weighted by Gasteiger charge is 2.45. The molecule has 20 heavy (non-hydrogen) atoms. The number of nitrogens with zero attached hydrogens (tertiary/aromatic N) is 1. The van der Waals surface area contributed by atoms with Gasteiger partial charge >= 0.3 is 0 Å². The van der Waals surface area contributed by atoms with Crippen LogP contribution in [0.3, 0.4) is 0 Å². The zero-order valence-electron chi connectivity index (χ0n) is 11.2. The van der Waals surface area contributed by atoms with E-state index in [0.29, 0.717) is 16.3 Å². The highest BCUT2D eigenvalue weighted by molar-refractivity contribution is 9.10. The van der Waals surface area contributed by atoms with Gasteiger partial charge in [-0.2, -0.15) is 0 Å². The van der Waals surface area contributed by atoms with E-state index >= 15 is 0 Å². The van der Waals surface area contributed by atoms with Crippen LogP contribution in [0.25, 0.3) is 0 Å². The van der Waals surface area contributed by atoms with Gasteiger partial charge in [0, 0.05) is 31.7 Å². The van der Waals surface area contributed by atoms with Crippen LogP contribution in [-0.4, -0.2) is 37.1 Å². The number of ether oxygens (including phenoxy) is 1. The third-order valence-corrected chi connectivity index (χ3v) is 4.91. The highest BCUT2D eigenvalue weighted by Crippen LogP contribution is 2.39. The minimum absolute atomic E-state index is 0.126. The number of amides is 1. The maximum absolute atomic E-state index is 13.2. The summed E-state index contributed by atoms with van der Waals surface area (Å²) in [7, 11) is 0. The minimum atomic E-state index is -0.300. The van der Waals surface area contributed by atoms with E-state index in [0.717, 1.165) is 44.7 Å². The summed E-state index contributed by atoms with van der Waals surface area (Å²) in [6, 6.07) is 4.74. The van der Waals surface area contributed by atoms with Crippen LogP contribution in [0.2, 0.25) is 0 Å². The average Bonchev–Trinajstić information content (AvgIpc) is 2.41. The van der Waals surface area contributed by atoms with Crippen LogP contribution in [-0.2, 0) is 16.0 Å². The first-order valence-electron chi connectivity index (χ1n) is 6.87. The van der Waals surface area contributed by atoms with Gasteiger partial charge in [0.1, 0.15) is 5.82 Å². The molecule has 1 spiro atoms. The smallest absolute Gasteiger partial charge is 0.227 e. The molecule has 3 rings (SSSR count). The van der Waals surface area contributed by atoms with Gasteiger partial charge in [0.05, 0.1) is 10.9 Å². The van der Waals surface area contributed by atoms with Crippen LogP contribution in [0.1, 0.15) is 18.4 Å². The summed E-state index contributed by atoms with van der Waals surface area (Å²) in [4.78, 5) is 14.1. The Morgan fingerprint density at radius 3 is 2.70 bits per heavy atom. The van der Waals surface area contributed by atoms with Gasteiger partial charge in [-0.15, -0.1) is 0 Å². The lowest BCUT2D eigenvalue weighted by Crippen LogP contribution is -2.60. The molecule has 1 aromatic rings. The van der Waals surface area contributed by atoms with Crippen LogP contribution in [0.4, 0.5) is 4.39 Å². The molecule has 1 amide bonds. The van der Waals surface area contributed by atoms with E-state index in [2.05, 4.69) is 15.9 Å². The van der Waals surface area contributed by atoms with E-state index < -0.39 is 0 Å². The first kappa shape index (κ1) is 14.0. The Hall–Kier alpha value is -0.940. The fourth-order valence-corrected chi connectivity index (χ4v) is 3.42. The topological polar surface area (TPSA) is 29.5 Å². The Morgan fingerprint density at radius 2 is 2.05 bits per heavy atom. The van der Waals surface area contributed by atoms with Crippen LogP contribution >= 0.6 is 15.9 Å². The third-order valence-electron chi connectivity index (χ3n) is 4.30. The molecule has 2 fully saturated rings. The molecule has 108 valence electrons. The summed E-state index contributed by atoms with van der Waals surface area (Å²) in [5, 5.41) is 0. The fourth-order valence-electron chi connectivity index (χ4n) is 3.00. The van der Waals surface area contributed by atoms with E-state index in [4.69, 9.17) is 4.74 Å². The Balaban J connectivity index is 1.57. The van der Waals surface area contributed by atoms with E-state index in [1.54, 1.807) is 12.1 Å². The van der Waals surface area contributed by atoms with E-state index in [1.165, 1.54) is 6.07 Å². The van der Waals surface area contributed by atoms with Crippen LogP contribution < -0.4 is 0 Å². The SMILES string of the molecule is O=C(Cc1ccc(F)c(Br)c1)N1CC2(CCOCC2)C1. The lowest BCUT2D eigenvalue weighted by Gasteiger charge is -2.52. The third kappa shape index (κ3) is 2.74. The summed E-state index contributed by atoms with van der Waals surface area (Å²) in [5.41, 5.74) is 1.15. The van der Waals surface area contributed by atoms with Gasteiger partial charge in [0.25, 0.3) is 0 Å². The lowest BCUT2D eigenvalue weighted by molar-refractivity contribution is -0.149. The van der Waals surface area contributed by atoms with Gasteiger partial charge < -0.3 is 9.64 Å². The Labute approximate surface area is 126 Å². The Bertz CT molecular complexity index is 521. The quantitative estimate of drug-likeness (QED) is 0.827. The number of likely N-dealkylation sites (tertiary alicyclic amines) is 1. The van der Waals surface area contributed by atoms with Crippen LogP contribution in [0, 0.1) is 11.2 Å². The lowest BCUT2D eigenvalue weighted by atomic mass is 9.73. The molecule has 0 aromatic heterocycles. The summed E-state index contributed by atoms with van der Waals surface area (Å²) in [5.74, 6) is -0.174. The molecule has 2 aliphatic rings. The summed E-state index contributed by atoms with van der Waals surface area (Å²) in [6.07, 6.45) is 2.45. The molecule has 1 aromatic carbocycles. The van der Waals surface area contributed by atoms with E-state index in [1.807, 2.05) is 4.90 Å². The van der Waals surface area contributed by atoms with Gasteiger partial charge in [0.2, 0.25) is 5.91 Å². The number of halogens is 2. The zero-order chi connectivity index (χ0) is 14.2. The molecule has 2 heterocycles. The normalized spacial score (nSPS) is 20.8. The molecular weight excluding hydrogens is 325 g/mol. The first-order valence-corrected chi connectivity index (χ1v) is 7.67. The minimum Gasteiger partial charge on any atom is -0.381 e. The monoisotopic (exact) mass is 341 g/mol. The van der Waals surface area contributed by atoms with Gasteiger partial charge in [-0.25, -0.2) is 4.39 Å². The molecule has 0 N–H and O–H groups in total. The molecule has 0 radical (unpaired) electrons. The molecule has 5 heteroatoms. The maximum Gasteiger partial charge on any atom is 0.227 e. The number of carbonyl (C=O) groups is 1. The van der Waals surface area contributed by atoms with Crippen molar-refractivity contribution in [3.63, 3.8) is 0 Å². The largest absolute Gasteiger partial charge is 0.381 e. The summed E-state index contributed by atoms with van der Waals surface area (Å²) in [6.45, 7) is 3.31. The number of hydrogen-bond acceptors (Lipinski definition) is 2. The Morgan fingerprint density at radius 1 is 1.35 bits per heavy atom. The summed E-state index contributed by atoms with van der Waals surface area (Å²) < 4.78 is 18.9. The Kier molecular flexibility index (Phi) is 3.82. The first-order chi connectivity index (χ1) is 9.58. The van der Waals surface area contributed by atoms with Crippen molar-refractivity contribution >= 4 is 21.8 Å². The van der Waals surface area contributed by atoms with Crippen molar-refractivity contribution < 1.29 is 13.9 Å². The molecule has 0 saturated carbocycles. The van der Waals surface area contributed by atoms with Crippen molar-refractivity contribution in [3.8, 4) is 0 Å². The van der Waals surface area contributed by atoms with Crippen molar-refractivity contribution in [2.75, 3.05) is 26.3 Å². The van der Waals surface area contributed by atoms with Gasteiger partial charge in [-0.1, -0.05) is 6.07 Å². The maximum atomic E-state index is 13.2. The molecule has 0 unspecified atom stereocenters. The van der Waals surface area contributed by atoms with Crippen molar-refractivity contribution in [2.24, 2.45) is 5.41 Å². The highest BCUT2D eigenvalue weighted by atomic mass is 79.9. The van der Waals surface area contributed by atoms with Crippen molar-refractivity contribution in [1.29, 1.82) is 0 Å². The second-order valence-electron chi connectivity index (χ2n) is 5.79. The molecule has 0 atom stereocenters. The van der Waals surface area contributed by atoms with Crippen LogP contribution in [0.15, 0.2) is 22.7 Å². The predicted octanol–water partition coefficient (Wildman–Crippen LogP) is 2.77.